The molecule has 0 fully saturated rings. The first kappa shape index (κ1) is 23.5. The zero-order chi connectivity index (χ0) is 25.4. The average molecular weight is 493 g/mol. The van der Waals surface area contributed by atoms with E-state index in [-0.39, 0.29) is 18.0 Å². The SMILES string of the molecule is Cc1cc(-c2ccc(CN3Cc4ccnc(Oc5cccc(C(F)(F)F)c5F)c4C3=O)cc2)ccn1. The van der Waals surface area contributed by atoms with Crippen molar-refractivity contribution in [3.8, 4) is 22.8 Å². The van der Waals surface area contributed by atoms with Gasteiger partial charge in [-0.05, 0) is 59.5 Å². The molecule has 0 saturated heterocycles. The number of fused-ring (bicyclic) bond motifs is 1. The second-order valence-electron chi connectivity index (χ2n) is 8.41. The Balaban J connectivity index is 1.36. The van der Waals surface area contributed by atoms with Crippen LogP contribution in [0.15, 0.2) is 73.1 Å². The van der Waals surface area contributed by atoms with Crippen molar-refractivity contribution in [2.45, 2.75) is 26.2 Å². The smallest absolute Gasteiger partial charge is 0.419 e. The van der Waals surface area contributed by atoms with Crippen molar-refractivity contribution >= 4 is 5.91 Å². The molecular weight excluding hydrogens is 474 g/mol. The van der Waals surface area contributed by atoms with Gasteiger partial charge in [0.1, 0.15) is 5.56 Å². The summed E-state index contributed by atoms with van der Waals surface area (Å²) in [7, 11) is 0. The minimum absolute atomic E-state index is 0.109. The Hall–Kier alpha value is -4.27. The fourth-order valence-electron chi connectivity index (χ4n) is 4.14. The summed E-state index contributed by atoms with van der Waals surface area (Å²) in [6.07, 6.45) is -1.76. The van der Waals surface area contributed by atoms with Gasteiger partial charge in [0.05, 0.1) is 5.56 Å². The zero-order valence-electron chi connectivity index (χ0n) is 19.0. The van der Waals surface area contributed by atoms with Crippen molar-refractivity contribution in [2.24, 2.45) is 0 Å². The number of benzene rings is 2. The summed E-state index contributed by atoms with van der Waals surface area (Å²) in [4.78, 5) is 23.0. The molecular formula is C27H19F4N3O2. The van der Waals surface area contributed by atoms with Gasteiger partial charge in [-0.2, -0.15) is 13.2 Å². The fraction of sp³-hybridized carbons (Fsp3) is 0.148. The lowest BCUT2D eigenvalue weighted by molar-refractivity contribution is -0.140. The summed E-state index contributed by atoms with van der Waals surface area (Å²) in [5.74, 6) is -2.84. The second-order valence-corrected chi connectivity index (χ2v) is 8.41. The molecule has 4 aromatic rings. The van der Waals surface area contributed by atoms with E-state index in [1.807, 2.05) is 43.3 Å². The van der Waals surface area contributed by atoms with Crippen LogP contribution in [-0.2, 0) is 19.3 Å². The third-order valence-electron chi connectivity index (χ3n) is 5.90. The van der Waals surface area contributed by atoms with Gasteiger partial charge in [-0.3, -0.25) is 9.78 Å². The molecule has 0 spiro atoms. The molecule has 5 rings (SSSR count). The van der Waals surface area contributed by atoms with Crippen LogP contribution in [0.1, 0.15) is 32.7 Å². The average Bonchev–Trinajstić information content (AvgIpc) is 3.16. The van der Waals surface area contributed by atoms with Crippen LogP contribution in [0.25, 0.3) is 11.1 Å². The number of alkyl halides is 3. The quantitative estimate of drug-likeness (QED) is 0.296. The van der Waals surface area contributed by atoms with Crippen molar-refractivity contribution < 1.29 is 27.1 Å². The molecule has 0 N–H and O–H groups in total. The van der Waals surface area contributed by atoms with Crippen molar-refractivity contribution in [2.75, 3.05) is 0 Å². The van der Waals surface area contributed by atoms with E-state index in [0.29, 0.717) is 18.2 Å². The van der Waals surface area contributed by atoms with Crippen LogP contribution in [-0.4, -0.2) is 20.8 Å². The lowest BCUT2D eigenvalue weighted by Gasteiger charge is -2.16. The molecule has 1 amide bonds. The Bertz CT molecular complexity index is 1450. The third kappa shape index (κ3) is 4.51. The van der Waals surface area contributed by atoms with Crippen molar-refractivity contribution in [1.29, 1.82) is 0 Å². The summed E-state index contributed by atoms with van der Waals surface area (Å²) in [6, 6.07) is 16.0. The summed E-state index contributed by atoms with van der Waals surface area (Å²) < 4.78 is 59.1. The lowest BCUT2D eigenvalue weighted by Crippen LogP contribution is -2.23. The highest BCUT2D eigenvalue weighted by Crippen LogP contribution is 2.38. The molecule has 0 aliphatic carbocycles. The molecule has 1 aliphatic rings. The maximum absolute atomic E-state index is 14.5. The van der Waals surface area contributed by atoms with E-state index in [4.69, 9.17) is 4.74 Å². The predicted molar refractivity (Wildman–Crippen MR) is 124 cm³/mol. The molecule has 0 unspecified atom stereocenters. The van der Waals surface area contributed by atoms with Crippen molar-refractivity contribution in [1.82, 2.24) is 14.9 Å². The highest BCUT2D eigenvalue weighted by molar-refractivity contribution is 6.00. The molecule has 2 aromatic heterocycles. The molecule has 0 bridgehead atoms. The molecule has 3 heterocycles. The molecule has 1 aliphatic heterocycles. The molecule has 0 saturated carbocycles. The van der Waals surface area contributed by atoms with Gasteiger partial charge in [-0.1, -0.05) is 30.3 Å². The number of carbonyl (C=O) groups excluding carboxylic acids is 1. The number of amides is 1. The number of hydrogen-bond donors (Lipinski definition) is 0. The van der Waals surface area contributed by atoms with Crippen LogP contribution in [0.3, 0.4) is 0 Å². The van der Waals surface area contributed by atoms with E-state index in [1.165, 1.54) is 6.20 Å². The van der Waals surface area contributed by atoms with E-state index in [0.717, 1.165) is 34.5 Å². The van der Waals surface area contributed by atoms with E-state index in [1.54, 1.807) is 17.2 Å². The first-order chi connectivity index (χ1) is 17.2. The highest BCUT2D eigenvalue weighted by Gasteiger charge is 2.36. The molecule has 182 valence electrons. The van der Waals surface area contributed by atoms with Gasteiger partial charge in [-0.25, -0.2) is 9.37 Å². The van der Waals surface area contributed by atoms with Gasteiger partial charge in [0, 0.05) is 31.2 Å². The maximum atomic E-state index is 14.5. The molecule has 9 heteroatoms. The Morgan fingerprint density at radius 3 is 2.44 bits per heavy atom. The van der Waals surface area contributed by atoms with E-state index < -0.39 is 29.2 Å². The first-order valence-electron chi connectivity index (χ1n) is 11.0. The Morgan fingerprint density at radius 2 is 1.72 bits per heavy atom. The number of aromatic nitrogens is 2. The highest BCUT2D eigenvalue weighted by atomic mass is 19.4. The van der Waals surface area contributed by atoms with Gasteiger partial charge in [-0.15, -0.1) is 0 Å². The number of ether oxygens (including phenoxy) is 1. The van der Waals surface area contributed by atoms with Crippen LogP contribution in [0.2, 0.25) is 0 Å². The van der Waals surface area contributed by atoms with Crippen LogP contribution in [0.5, 0.6) is 11.6 Å². The van der Waals surface area contributed by atoms with Gasteiger partial charge < -0.3 is 9.64 Å². The molecule has 0 radical (unpaired) electrons. The summed E-state index contributed by atoms with van der Waals surface area (Å²) >= 11 is 0. The first-order valence-corrected chi connectivity index (χ1v) is 11.0. The third-order valence-corrected chi connectivity index (χ3v) is 5.90. The molecule has 0 atom stereocenters. The number of rotatable bonds is 5. The largest absolute Gasteiger partial charge is 0.435 e. The normalized spacial score (nSPS) is 13.1. The number of aryl methyl sites for hydroxylation is 1. The standard InChI is InChI=1S/C27H19F4N3O2/c1-16-13-19(9-11-32-16)18-7-5-17(6-8-18)14-34-15-20-10-12-33-25(23(20)26(34)35)36-22-4-2-3-21(24(22)28)27(29,30)31/h2-13H,14-15H2,1H3. The molecule has 36 heavy (non-hydrogen) atoms. The summed E-state index contributed by atoms with van der Waals surface area (Å²) in [6.45, 7) is 2.49. The number of halogens is 4. The van der Waals surface area contributed by atoms with Gasteiger partial charge in [0.25, 0.3) is 5.91 Å². The van der Waals surface area contributed by atoms with E-state index >= 15 is 0 Å². The minimum atomic E-state index is -4.88. The second kappa shape index (κ2) is 9.07. The van der Waals surface area contributed by atoms with Crippen molar-refractivity contribution in [3.05, 3.63) is 107 Å². The van der Waals surface area contributed by atoms with Crippen LogP contribution < -0.4 is 4.74 Å². The molecule has 5 nitrogen and oxygen atoms in total. The number of nitrogens with zero attached hydrogens (tertiary/aromatic N) is 3. The monoisotopic (exact) mass is 493 g/mol. The summed E-state index contributed by atoms with van der Waals surface area (Å²) in [5.41, 5.74) is 3.11. The number of pyridine rings is 2. The van der Waals surface area contributed by atoms with E-state index in [2.05, 4.69) is 9.97 Å². The molecule has 2 aromatic carbocycles. The van der Waals surface area contributed by atoms with Crippen LogP contribution >= 0.6 is 0 Å². The topological polar surface area (TPSA) is 55.3 Å². The van der Waals surface area contributed by atoms with Gasteiger partial charge in [0.15, 0.2) is 11.6 Å². The van der Waals surface area contributed by atoms with Crippen molar-refractivity contribution in [3.63, 3.8) is 0 Å². The summed E-state index contributed by atoms with van der Waals surface area (Å²) in [5, 5.41) is 0. The Morgan fingerprint density at radius 1 is 0.972 bits per heavy atom. The number of carbonyl (C=O) groups is 1. The minimum Gasteiger partial charge on any atom is -0.435 e. The van der Waals surface area contributed by atoms with Crippen LogP contribution in [0.4, 0.5) is 17.6 Å². The van der Waals surface area contributed by atoms with E-state index in [9.17, 15) is 22.4 Å². The Kier molecular flexibility index (Phi) is 5.91. The van der Waals surface area contributed by atoms with Gasteiger partial charge in [0.2, 0.25) is 5.88 Å². The zero-order valence-corrected chi connectivity index (χ0v) is 19.0. The van der Waals surface area contributed by atoms with Gasteiger partial charge >= 0.3 is 6.18 Å². The van der Waals surface area contributed by atoms with Crippen LogP contribution in [0, 0.1) is 12.7 Å². The predicted octanol–water partition coefficient (Wildman–Crippen LogP) is 6.56. The maximum Gasteiger partial charge on any atom is 0.419 e. The number of hydrogen-bond acceptors (Lipinski definition) is 4. The fourth-order valence-corrected chi connectivity index (χ4v) is 4.14. The lowest BCUT2D eigenvalue weighted by atomic mass is 10.0. The Labute approximate surface area is 204 Å².